The van der Waals surface area contributed by atoms with E-state index in [9.17, 15) is 9.59 Å². The molecular formula is C15H21NNaO3Si. The van der Waals surface area contributed by atoms with Gasteiger partial charge in [0.05, 0.1) is 5.52 Å². The van der Waals surface area contributed by atoms with E-state index in [1.54, 1.807) is 13.1 Å². The molecular weight excluding hydrogens is 293 g/mol. The molecule has 0 aliphatic carbocycles. The summed E-state index contributed by atoms with van der Waals surface area (Å²) in [5.74, 6) is 0. The number of fused-ring (bicyclic) bond motifs is 1. The number of aromatic nitrogens is 1. The minimum atomic E-state index is -2.64. The monoisotopic (exact) mass is 314 g/mol. The second kappa shape index (κ2) is 6.26. The first-order chi connectivity index (χ1) is 9.09. The van der Waals surface area contributed by atoms with Gasteiger partial charge in [-0.05, 0) is 46.0 Å². The van der Waals surface area contributed by atoms with Crippen molar-refractivity contribution in [1.82, 2.24) is 4.57 Å². The maximum absolute atomic E-state index is 12.5. The van der Waals surface area contributed by atoms with Crippen molar-refractivity contribution in [2.75, 3.05) is 0 Å². The molecule has 2 rings (SSSR count). The number of rotatable bonds is 1. The van der Waals surface area contributed by atoms with Crippen molar-refractivity contribution in [3.05, 3.63) is 30.3 Å². The molecule has 109 valence electrons. The van der Waals surface area contributed by atoms with Crippen LogP contribution in [0.2, 0.25) is 13.1 Å². The van der Waals surface area contributed by atoms with E-state index in [4.69, 9.17) is 4.74 Å². The molecule has 0 spiro atoms. The first-order valence-electron chi connectivity index (χ1n) is 6.66. The van der Waals surface area contributed by atoms with Crippen LogP contribution in [0.3, 0.4) is 0 Å². The predicted molar refractivity (Wildman–Crippen MR) is 88.7 cm³/mol. The second-order valence-electron chi connectivity index (χ2n) is 6.46. The van der Waals surface area contributed by atoms with Crippen LogP contribution in [0.25, 0.3) is 10.9 Å². The topological polar surface area (TPSA) is 51.5 Å². The Bertz CT molecular complexity index is 653. The van der Waals surface area contributed by atoms with Crippen LogP contribution in [-0.2, 0) is 4.74 Å². The van der Waals surface area contributed by atoms with Gasteiger partial charge in [0.2, 0.25) is 8.32 Å². The van der Waals surface area contributed by atoms with Gasteiger partial charge in [-0.3, -0.25) is 4.57 Å². The number of benzene rings is 1. The minimum Gasteiger partial charge on any atom is -0.443 e. The summed E-state index contributed by atoms with van der Waals surface area (Å²) >= 11 is 0. The van der Waals surface area contributed by atoms with Crippen molar-refractivity contribution < 1.29 is 14.3 Å². The van der Waals surface area contributed by atoms with Gasteiger partial charge >= 0.3 is 6.09 Å². The van der Waals surface area contributed by atoms with Gasteiger partial charge in [-0.25, -0.2) is 4.79 Å². The van der Waals surface area contributed by atoms with Crippen LogP contribution in [0.1, 0.15) is 20.8 Å². The molecule has 1 aromatic heterocycles. The molecule has 0 aliphatic heterocycles. The molecule has 6 heteroatoms. The van der Waals surface area contributed by atoms with E-state index in [1.165, 1.54) is 4.57 Å². The molecule has 0 atom stereocenters. The fourth-order valence-corrected chi connectivity index (χ4v) is 3.38. The van der Waals surface area contributed by atoms with Crippen LogP contribution < -0.4 is 5.32 Å². The van der Waals surface area contributed by atoms with E-state index in [0.29, 0.717) is 5.32 Å². The Morgan fingerprint density at radius 3 is 2.33 bits per heavy atom. The first-order valence-corrected chi connectivity index (χ1v) is 9.61. The molecule has 1 N–H and O–H groups in total. The summed E-state index contributed by atoms with van der Waals surface area (Å²) < 4.78 is 6.97. The van der Waals surface area contributed by atoms with E-state index >= 15 is 0 Å². The summed E-state index contributed by atoms with van der Waals surface area (Å²) in [7, 11) is -2.64. The van der Waals surface area contributed by atoms with Gasteiger partial charge in [0.1, 0.15) is 5.60 Å². The molecule has 0 fully saturated rings. The molecule has 4 nitrogen and oxygen atoms in total. The Labute approximate surface area is 148 Å². The molecule has 0 unspecified atom stereocenters. The molecule has 0 aliphatic rings. The number of hydrogen-bond acceptors (Lipinski definition) is 3. The molecule has 0 amide bonds. The Kier molecular flexibility index (Phi) is 5.50. The van der Waals surface area contributed by atoms with E-state index in [0.717, 1.165) is 10.9 Å². The van der Waals surface area contributed by atoms with Gasteiger partial charge in [0.15, 0.2) is 0 Å². The molecule has 2 aromatic rings. The molecule has 0 bridgehead atoms. The number of carbonyl (C=O) groups is 1. The van der Waals surface area contributed by atoms with Crippen LogP contribution in [0.4, 0.5) is 4.79 Å². The van der Waals surface area contributed by atoms with Crippen molar-refractivity contribution in [2.24, 2.45) is 0 Å². The fourth-order valence-electron chi connectivity index (χ4n) is 2.11. The predicted octanol–water partition coefficient (Wildman–Crippen LogP) is 2.45. The fraction of sp³-hybridized carbons (Fsp3) is 0.400. The van der Waals surface area contributed by atoms with Gasteiger partial charge in [-0.15, -0.1) is 0 Å². The second-order valence-corrected chi connectivity index (χ2v) is 10.1. The van der Waals surface area contributed by atoms with Crippen LogP contribution in [0.5, 0.6) is 0 Å². The van der Waals surface area contributed by atoms with Crippen molar-refractivity contribution in [3.8, 4) is 0 Å². The van der Waals surface area contributed by atoms with Gasteiger partial charge in [0.25, 0.3) is 0 Å². The molecule has 0 saturated carbocycles. The van der Waals surface area contributed by atoms with Crippen LogP contribution in [0.15, 0.2) is 30.3 Å². The van der Waals surface area contributed by atoms with Crippen molar-refractivity contribution >= 4 is 60.2 Å². The Morgan fingerprint density at radius 2 is 1.81 bits per heavy atom. The van der Waals surface area contributed by atoms with Crippen LogP contribution in [0, 0.1) is 0 Å². The number of nitrogens with zero attached hydrogens (tertiary/aromatic N) is 1. The van der Waals surface area contributed by atoms with E-state index < -0.39 is 20.0 Å². The van der Waals surface area contributed by atoms with Crippen molar-refractivity contribution in [2.45, 2.75) is 39.5 Å². The number of hydrogen-bond donors (Lipinski definition) is 1. The zero-order valence-electron chi connectivity index (χ0n) is 13.6. The normalized spacial score (nSPS) is 12.1. The largest absolute Gasteiger partial charge is 0.443 e. The summed E-state index contributed by atoms with van der Waals surface area (Å²) in [6.07, 6.45) is -0.441. The maximum atomic E-state index is 12.5. The summed E-state index contributed by atoms with van der Waals surface area (Å²) in [5.41, 5.74) is 0.201. The number of para-hydroxylation sites is 1. The third-order valence-corrected chi connectivity index (χ3v) is 4.54. The third-order valence-electron chi connectivity index (χ3n) is 2.91. The van der Waals surface area contributed by atoms with Gasteiger partial charge in [-0.2, -0.15) is 0 Å². The smallest absolute Gasteiger partial charge is 0.418 e. The Morgan fingerprint density at radius 1 is 1.24 bits per heavy atom. The molecule has 1 heterocycles. The maximum Gasteiger partial charge on any atom is 0.418 e. The van der Waals surface area contributed by atoms with Crippen LogP contribution in [-0.4, -0.2) is 58.9 Å². The first kappa shape index (κ1) is 18.5. The number of carbonyl (C=O) groups excluding carboxylic acids is 1. The molecule has 21 heavy (non-hydrogen) atoms. The quantitative estimate of drug-likeness (QED) is 0.823. The average molecular weight is 314 g/mol. The SMILES string of the molecule is CC(C)(C)OC(=O)n1c([Si](C)(C)O)cc2ccccc21.[Na]. The van der Waals surface area contributed by atoms with E-state index in [2.05, 4.69) is 0 Å². The van der Waals surface area contributed by atoms with Crippen molar-refractivity contribution in [1.29, 1.82) is 0 Å². The molecule has 0 saturated heterocycles. The standard InChI is InChI=1S/C15H21NO3Si.Na/c1-15(2,3)19-14(17)16-12-9-7-6-8-11(12)10-13(16)20(4,5)18;/h6-10,18H,1-5H3;. The zero-order valence-corrected chi connectivity index (χ0v) is 16.6. The summed E-state index contributed by atoms with van der Waals surface area (Å²) in [6.45, 7) is 9.08. The van der Waals surface area contributed by atoms with E-state index in [1.807, 2.05) is 51.1 Å². The Balaban J connectivity index is 0.00000220. The average Bonchev–Trinajstić information content (AvgIpc) is 2.65. The van der Waals surface area contributed by atoms with Gasteiger partial charge in [-0.1, -0.05) is 18.2 Å². The summed E-state index contributed by atoms with van der Waals surface area (Å²) in [6, 6.07) is 9.46. The molecule has 1 radical (unpaired) electrons. The van der Waals surface area contributed by atoms with Crippen LogP contribution >= 0.6 is 0 Å². The van der Waals surface area contributed by atoms with E-state index in [-0.39, 0.29) is 29.6 Å². The van der Waals surface area contributed by atoms with Gasteiger partial charge < -0.3 is 9.53 Å². The Hall–Kier alpha value is -0.593. The zero-order chi connectivity index (χ0) is 15.1. The van der Waals surface area contributed by atoms with Crippen molar-refractivity contribution in [3.63, 3.8) is 0 Å². The summed E-state index contributed by atoms with van der Waals surface area (Å²) in [5, 5.41) is 1.59. The minimum absolute atomic E-state index is 0. The summed E-state index contributed by atoms with van der Waals surface area (Å²) in [4.78, 5) is 22.9. The van der Waals surface area contributed by atoms with Gasteiger partial charge in [0, 0.05) is 40.3 Å². The third kappa shape index (κ3) is 4.20. The molecule has 1 aromatic carbocycles. The number of ether oxygens (including phenoxy) is 1.